The van der Waals surface area contributed by atoms with Crippen LogP contribution in [0.3, 0.4) is 0 Å². The van der Waals surface area contributed by atoms with Gasteiger partial charge in [0, 0.05) is 37.8 Å². The van der Waals surface area contributed by atoms with E-state index in [1.807, 2.05) is 24.3 Å². The third-order valence-corrected chi connectivity index (χ3v) is 3.53. The normalized spacial score (nSPS) is 22.8. The maximum absolute atomic E-state index is 6.34. The molecule has 2 atom stereocenters. The predicted molar refractivity (Wildman–Crippen MR) is 76.4 cm³/mol. The number of hydrogen-bond acceptors (Lipinski definition) is 4. The van der Waals surface area contributed by atoms with Crippen LogP contribution in [0.1, 0.15) is 24.9 Å². The van der Waals surface area contributed by atoms with Crippen molar-refractivity contribution in [3.05, 3.63) is 29.8 Å². The van der Waals surface area contributed by atoms with E-state index in [4.69, 9.17) is 15.2 Å². The summed E-state index contributed by atoms with van der Waals surface area (Å²) in [7, 11) is 1.69. The molecule has 0 aliphatic carbocycles. The average Bonchev–Trinajstić information content (AvgIpc) is 2.63. The molecule has 1 heterocycles. The molecule has 106 valence electrons. The Morgan fingerprint density at radius 2 is 2.26 bits per heavy atom. The number of methoxy groups -OCH3 is 1. The number of ether oxygens (including phenoxy) is 2. The third kappa shape index (κ3) is 3.93. The molecule has 0 aromatic heterocycles. The first-order valence-electron chi connectivity index (χ1n) is 6.93. The molecule has 1 aliphatic rings. The lowest BCUT2D eigenvalue weighted by Crippen LogP contribution is -2.36. The Morgan fingerprint density at radius 3 is 3.05 bits per heavy atom. The molecule has 1 fully saturated rings. The molecule has 19 heavy (non-hydrogen) atoms. The minimum atomic E-state index is -0.0264. The second kappa shape index (κ2) is 6.89. The molecular formula is C15H24N2O2. The highest BCUT2D eigenvalue weighted by Crippen LogP contribution is 2.24. The maximum Gasteiger partial charge on any atom is 0.123 e. The Morgan fingerprint density at radius 1 is 1.47 bits per heavy atom. The van der Waals surface area contributed by atoms with Gasteiger partial charge in [-0.1, -0.05) is 18.2 Å². The van der Waals surface area contributed by atoms with Gasteiger partial charge in [-0.05, 0) is 19.4 Å². The Bertz CT molecular complexity index is 397. The number of benzene rings is 1. The van der Waals surface area contributed by atoms with Crippen LogP contribution in [0.25, 0.3) is 0 Å². The highest BCUT2D eigenvalue weighted by atomic mass is 16.5. The Hall–Kier alpha value is -1.10. The first-order valence-corrected chi connectivity index (χ1v) is 6.93. The molecule has 2 rings (SSSR count). The number of rotatable bonds is 4. The van der Waals surface area contributed by atoms with Crippen LogP contribution in [0, 0.1) is 0 Å². The highest BCUT2D eigenvalue weighted by Gasteiger charge is 2.19. The molecule has 1 aliphatic heterocycles. The first-order chi connectivity index (χ1) is 9.20. The molecule has 2 N–H and O–H groups in total. The van der Waals surface area contributed by atoms with E-state index < -0.39 is 0 Å². The zero-order valence-electron chi connectivity index (χ0n) is 11.8. The number of hydrogen-bond donors (Lipinski definition) is 1. The monoisotopic (exact) mass is 264 g/mol. The lowest BCUT2D eigenvalue weighted by Gasteiger charge is -2.26. The van der Waals surface area contributed by atoms with Gasteiger partial charge in [0.05, 0.1) is 13.2 Å². The largest absolute Gasteiger partial charge is 0.496 e. The molecule has 4 heteroatoms. The van der Waals surface area contributed by atoms with E-state index in [0.29, 0.717) is 0 Å². The maximum atomic E-state index is 6.34. The van der Waals surface area contributed by atoms with Gasteiger partial charge in [0.25, 0.3) is 0 Å². The van der Waals surface area contributed by atoms with Gasteiger partial charge in [0.2, 0.25) is 0 Å². The molecule has 0 saturated carbocycles. The van der Waals surface area contributed by atoms with Gasteiger partial charge in [-0.25, -0.2) is 0 Å². The van der Waals surface area contributed by atoms with E-state index in [1.165, 1.54) is 0 Å². The molecule has 1 saturated heterocycles. The summed E-state index contributed by atoms with van der Waals surface area (Å²) < 4.78 is 11.0. The minimum Gasteiger partial charge on any atom is -0.496 e. The zero-order chi connectivity index (χ0) is 13.7. The van der Waals surface area contributed by atoms with Crippen molar-refractivity contribution < 1.29 is 9.47 Å². The van der Waals surface area contributed by atoms with Crippen LogP contribution in [0.2, 0.25) is 0 Å². The van der Waals surface area contributed by atoms with Gasteiger partial charge in [-0.15, -0.1) is 0 Å². The third-order valence-electron chi connectivity index (χ3n) is 3.53. The van der Waals surface area contributed by atoms with Crippen molar-refractivity contribution in [1.82, 2.24) is 4.90 Å². The number of nitrogens with two attached hydrogens (primary N) is 1. The zero-order valence-corrected chi connectivity index (χ0v) is 11.8. The van der Waals surface area contributed by atoms with Crippen LogP contribution in [0.15, 0.2) is 24.3 Å². The average molecular weight is 264 g/mol. The van der Waals surface area contributed by atoms with E-state index in [0.717, 1.165) is 44.0 Å². The molecule has 1 aromatic carbocycles. The number of para-hydroxylation sites is 1. The second-order valence-electron chi connectivity index (χ2n) is 5.14. The molecule has 1 aromatic rings. The van der Waals surface area contributed by atoms with Crippen molar-refractivity contribution in [1.29, 1.82) is 0 Å². The summed E-state index contributed by atoms with van der Waals surface area (Å²) in [5, 5.41) is 0. The molecule has 0 amide bonds. The van der Waals surface area contributed by atoms with Crippen LogP contribution in [0.4, 0.5) is 0 Å². The quantitative estimate of drug-likeness (QED) is 0.901. The Labute approximate surface area is 115 Å². The highest BCUT2D eigenvalue weighted by molar-refractivity contribution is 5.35. The minimum absolute atomic E-state index is 0.0264. The van der Waals surface area contributed by atoms with Gasteiger partial charge in [-0.3, -0.25) is 4.90 Å². The van der Waals surface area contributed by atoms with Gasteiger partial charge < -0.3 is 15.2 Å². The van der Waals surface area contributed by atoms with Crippen molar-refractivity contribution in [2.75, 3.05) is 33.4 Å². The summed E-state index contributed by atoms with van der Waals surface area (Å²) in [4.78, 5) is 2.38. The van der Waals surface area contributed by atoms with E-state index >= 15 is 0 Å². The van der Waals surface area contributed by atoms with E-state index in [2.05, 4.69) is 11.8 Å². The lowest BCUT2D eigenvalue weighted by atomic mass is 10.1. The van der Waals surface area contributed by atoms with Crippen molar-refractivity contribution >= 4 is 0 Å². The van der Waals surface area contributed by atoms with Crippen molar-refractivity contribution in [2.24, 2.45) is 5.73 Å². The van der Waals surface area contributed by atoms with Crippen molar-refractivity contribution in [3.63, 3.8) is 0 Å². The fourth-order valence-corrected chi connectivity index (χ4v) is 2.60. The van der Waals surface area contributed by atoms with Gasteiger partial charge in [0.1, 0.15) is 5.75 Å². The predicted octanol–water partition coefficient (Wildman–Crippen LogP) is 1.81. The molecule has 2 unspecified atom stereocenters. The standard InChI is InChI=1S/C15H24N2O2/c1-12-10-17(8-5-9-19-12)11-14(16)13-6-3-4-7-15(13)18-2/h3-4,6-7,12,14H,5,8-11,16H2,1-2H3. The Kier molecular flexibility index (Phi) is 5.19. The lowest BCUT2D eigenvalue weighted by molar-refractivity contribution is 0.0670. The Balaban J connectivity index is 2.01. The second-order valence-corrected chi connectivity index (χ2v) is 5.14. The van der Waals surface area contributed by atoms with Crippen LogP contribution in [-0.4, -0.2) is 44.4 Å². The fourth-order valence-electron chi connectivity index (χ4n) is 2.60. The number of nitrogens with zero attached hydrogens (tertiary/aromatic N) is 1. The summed E-state index contributed by atoms with van der Waals surface area (Å²) >= 11 is 0. The molecular weight excluding hydrogens is 240 g/mol. The fraction of sp³-hybridized carbons (Fsp3) is 0.600. The van der Waals surface area contributed by atoms with E-state index in [-0.39, 0.29) is 12.1 Å². The van der Waals surface area contributed by atoms with Crippen molar-refractivity contribution in [3.8, 4) is 5.75 Å². The van der Waals surface area contributed by atoms with Crippen LogP contribution >= 0.6 is 0 Å². The van der Waals surface area contributed by atoms with Gasteiger partial charge in [-0.2, -0.15) is 0 Å². The van der Waals surface area contributed by atoms with Crippen molar-refractivity contribution in [2.45, 2.75) is 25.5 Å². The van der Waals surface area contributed by atoms with E-state index in [9.17, 15) is 0 Å². The molecule has 4 nitrogen and oxygen atoms in total. The van der Waals surface area contributed by atoms with Crippen LogP contribution < -0.4 is 10.5 Å². The first kappa shape index (κ1) is 14.3. The summed E-state index contributed by atoms with van der Waals surface area (Å²) in [6.45, 7) is 5.80. The van der Waals surface area contributed by atoms with Crippen LogP contribution in [-0.2, 0) is 4.74 Å². The SMILES string of the molecule is COc1ccccc1C(N)CN1CCCOC(C)C1. The van der Waals surface area contributed by atoms with Gasteiger partial charge in [0.15, 0.2) is 0 Å². The summed E-state index contributed by atoms with van der Waals surface area (Å²) in [5.41, 5.74) is 7.41. The summed E-state index contributed by atoms with van der Waals surface area (Å²) in [6.07, 6.45) is 1.36. The van der Waals surface area contributed by atoms with E-state index in [1.54, 1.807) is 7.11 Å². The summed E-state index contributed by atoms with van der Waals surface area (Å²) in [6, 6.07) is 7.95. The molecule has 0 radical (unpaired) electrons. The smallest absolute Gasteiger partial charge is 0.123 e. The summed E-state index contributed by atoms with van der Waals surface area (Å²) in [5.74, 6) is 0.870. The topological polar surface area (TPSA) is 47.7 Å². The molecule has 0 spiro atoms. The van der Waals surface area contributed by atoms with Gasteiger partial charge >= 0.3 is 0 Å². The van der Waals surface area contributed by atoms with Crippen LogP contribution in [0.5, 0.6) is 5.75 Å². The molecule has 0 bridgehead atoms.